The molecule has 0 spiro atoms. The van der Waals surface area contributed by atoms with Gasteiger partial charge in [-0.3, -0.25) is 0 Å². The molecule has 1 aliphatic carbocycles. The van der Waals surface area contributed by atoms with Crippen LogP contribution in [0.3, 0.4) is 0 Å². The minimum absolute atomic E-state index is 0.0967. The molecule has 2 aliphatic heterocycles. The van der Waals surface area contributed by atoms with Crippen molar-refractivity contribution in [2.45, 2.75) is 67.8 Å². The van der Waals surface area contributed by atoms with E-state index >= 15 is 0 Å². The van der Waals surface area contributed by atoms with Gasteiger partial charge in [0.05, 0.1) is 11.3 Å². The first-order chi connectivity index (χ1) is 15.6. The number of halogens is 4. The van der Waals surface area contributed by atoms with Gasteiger partial charge in [0.25, 0.3) is 0 Å². The van der Waals surface area contributed by atoms with Gasteiger partial charge in [-0.1, -0.05) is 0 Å². The van der Waals surface area contributed by atoms with Crippen LogP contribution in [-0.4, -0.2) is 76.6 Å². The normalized spacial score (nSPS) is 29.9. The summed E-state index contributed by atoms with van der Waals surface area (Å²) in [7, 11) is -3.43. The van der Waals surface area contributed by atoms with Crippen molar-refractivity contribution in [2.75, 3.05) is 25.0 Å². The molecule has 8 nitrogen and oxygen atoms in total. The van der Waals surface area contributed by atoms with Crippen LogP contribution in [0.2, 0.25) is 0 Å². The number of piperidine rings is 2. The number of anilines is 1. The highest BCUT2D eigenvalue weighted by Crippen LogP contribution is 2.34. The third-order valence-electron chi connectivity index (χ3n) is 6.74. The van der Waals surface area contributed by atoms with Crippen LogP contribution in [0.25, 0.3) is 11.0 Å². The average molecular weight is 491 g/mol. The van der Waals surface area contributed by atoms with Gasteiger partial charge in [-0.25, -0.2) is 17.8 Å². The number of nitrogens with one attached hydrogen (secondary N) is 2. The zero-order valence-electron chi connectivity index (χ0n) is 17.8. The molecule has 1 saturated carbocycles. The van der Waals surface area contributed by atoms with Crippen LogP contribution in [-0.2, 0) is 10.0 Å². The Kier molecular flexibility index (Phi) is 5.76. The van der Waals surface area contributed by atoms with Crippen LogP contribution < -0.4 is 10.6 Å². The molecule has 4 heterocycles. The molecule has 3 aliphatic rings. The Morgan fingerprint density at radius 3 is 2.67 bits per heavy atom. The summed E-state index contributed by atoms with van der Waals surface area (Å²) >= 11 is 0. The predicted molar refractivity (Wildman–Crippen MR) is 114 cm³/mol. The number of aromatic nitrogens is 3. The van der Waals surface area contributed by atoms with Crippen LogP contribution in [0, 0.1) is 0 Å². The topological polar surface area (TPSA) is 92.2 Å². The van der Waals surface area contributed by atoms with Gasteiger partial charge >= 0.3 is 6.18 Å². The second-order valence-corrected chi connectivity index (χ2v) is 11.3. The molecule has 3 fully saturated rings. The lowest BCUT2D eigenvalue weighted by molar-refractivity contribution is -0.162. The van der Waals surface area contributed by atoms with E-state index in [0.717, 1.165) is 0 Å². The largest absolute Gasteiger partial charge is 0.403 e. The maximum Gasteiger partial charge on any atom is 0.403 e. The third-order valence-corrected chi connectivity index (χ3v) is 9.11. The van der Waals surface area contributed by atoms with Crippen molar-refractivity contribution in [2.24, 2.45) is 0 Å². The van der Waals surface area contributed by atoms with E-state index in [0.29, 0.717) is 30.3 Å². The number of hydrogen-bond donors (Lipinski definition) is 2. The molecule has 0 radical (unpaired) electrons. The number of nitrogens with zero attached hydrogens (tertiary/aromatic N) is 4. The van der Waals surface area contributed by atoms with Crippen molar-refractivity contribution < 1.29 is 26.0 Å². The molecule has 2 aromatic heterocycles. The SMILES string of the molecule is O=S(=O)(C1CC1)N1CC[C@@H](Nc2ncc3ccn([C@@H]4CCN[C@@H](C(F)(F)F)C4)c3n2)[C@H](F)C1. The molecule has 0 unspecified atom stereocenters. The number of fused-ring (bicyclic) bond motifs is 1. The first-order valence-corrected chi connectivity index (χ1v) is 12.7. The van der Waals surface area contributed by atoms with E-state index in [1.54, 1.807) is 23.0 Å². The average Bonchev–Trinajstić information content (AvgIpc) is 3.55. The second kappa shape index (κ2) is 8.35. The van der Waals surface area contributed by atoms with E-state index in [9.17, 15) is 26.0 Å². The Morgan fingerprint density at radius 2 is 1.97 bits per heavy atom. The fourth-order valence-electron chi connectivity index (χ4n) is 4.71. The van der Waals surface area contributed by atoms with Crippen LogP contribution in [0.15, 0.2) is 18.5 Å². The van der Waals surface area contributed by atoms with Crippen molar-refractivity contribution in [1.29, 1.82) is 0 Å². The molecule has 0 amide bonds. The van der Waals surface area contributed by atoms with Crippen LogP contribution in [0.4, 0.5) is 23.5 Å². The van der Waals surface area contributed by atoms with Gasteiger partial charge in [0.2, 0.25) is 16.0 Å². The maximum absolute atomic E-state index is 14.8. The van der Waals surface area contributed by atoms with Gasteiger partial charge in [-0.15, -0.1) is 0 Å². The van der Waals surface area contributed by atoms with Crippen LogP contribution in [0.5, 0.6) is 0 Å². The van der Waals surface area contributed by atoms with E-state index in [1.807, 2.05) is 0 Å². The summed E-state index contributed by atoms with van der Waals surface area (Å²) in [5.41, 5.74) is 0.490. The minimum Gasteiger partial charge on any atom is -0.348 e. The van der Waals surface area contributed by atoms with Gasteiger partial charge < -0.3 is 15.2 Å². The fraction of sp³-hybridized carbons (Fsp3) is 0.700. The highest BCUT2D eigenvalue weighted by Gasteiger charge is 2.44. The minimum atomic E-state index is -4.32. The van der Waals surface area contributed by atoms with Gasteiger partial charge in [-0.2, -0.15) is 22.5 Å². The van der Waals surface area contributed by atoms with Crippen molar-refractivity contribution in [1.82, 2.24) is 24.2 Å². The Labute approximate surface area is 188 Å². The van der Waals surface area contributed by atoms with Crippen LogP contribution >= 0.6 is 0 Å². The standard InChI is InChI=1S/C20H26F4N6O2S/c21-15-11-29(33(31,32)14-1-2-14)7-5-16(15)27-19-26-10-12-4-8-30(18(12)28-19)13-3-6-25-17(9-13)20(22,23)24/h4,8,10,13-17,25H,1-3,5-7,9,11H2,(H,26,27,28)/t13-,15-,16-,17-/m1/s1. The third kappa shape index (κ3) is 4.54. The summed E-state index contributed by atoms with van der Waals surface area (Å²) in [6.45, 7) is 0.267. The van der Waals surface area contributed by atoms with Gasteiger partial charge in [0.15, 0.2) is 0 Å². The number of hydrogen-bond acceptors (Lipinski definition) is 6. The summed E-state index contributed by atoms with van der Waals surface area (Å²) in [6, 6.07) is -0.839. The molecule has 2 N–H and O–H groups in total. The molecule has 0 aromatic carbocycles. The summed E-state index contributed by atoms with van der Waals surface area (Å²) in [5.74, 6) is 0.176. The zero-order valence-corrected chi connectivity index (χ0v) is 18.6. The lowest BCUT2D eigenvalue weighted by atomic mass is 9.99. The molecule has 2 aromatic rings. The van der Waals surface area contributed by atoms with E-state index in [2.05, 4.69) is 20.6 Å². The lowest BCUT2D eigenvalue weighted by Crippen LogP contribution is -2.50. The van der Waals surface area contributed by atoms with Crippen molar-refractivity contribution in [3.8, 4) is 0 Å². The molecule has 13 heteroatoms. The van der Waals surface area contributed by atoms with Crippen molar-refractivity contribution in [3.63, 3.8) is 0 Å². The van der Waals surface area contributed by atoms with E-state index < -0.39 is 34.5 Å². The Hall–Kier alpha value is -1.99. The molecule has 33 heavy (non-hydrogen) atoms. The van der Waals surface area contributed by atoms with Crippen molar-refractivity contribution in [3.05, 3.63) is 18.5 Å². The van der Waals surface area contributed by atoms with E-state index in [-0.39, 0.29) is 49.7 Å². The Bertz CT molecular complexity index is 1120. The number of rotatable bonds is 5. The number of sulfonamides is 1. The molecule has 4 atom stereocenters. The molecule has 5 rings (SSSR count). The maximum atomic E-state index is 14.8. The molecular formula is C20H26F4N6O2S. The van der Waals surface area contributed by atoms with Crippen molar-refractivity contribution >= 4 is 27.0 Å². The fourth-order valence-corrected chi connectivity index (χ4v) is 6.58. The van der Waals surface area contributed by atoms with Crippen LogP contribution in [0.1, 0.15) is 38.1 Å². The number of alkyl halides is 4. The Balaban J connectivity index is 1.30. The molecule has 182 valence electrons. The second-order valence-electron chi connectivity index (χ2n) is 9.08. The highest BCUT2D eigenvalue weighted by atomic mass is 32.2. The summed E-state index contributed by atoms with van der Waals surface area (Å²) in [5, 5.41) is 5.80. The monoisotopic (exact) mass is 490 g/mol. The Morgan fingerprint density at radius 1 is 1.18 bits per heavy atom. The first-order valence-electron chi connectivity index (χ1n) is 11.2. The summed E-state index contributed by atoms with van der Waals surface area (Å²) in [4.78, 5) is 8.70. The smallest absolute Gasteiger partial charge is 0.348 e. The molecule has 2 saturated heterocycles. The van der Waals surface area contributed by atoms with Gasteiger partial charge in [-0.05, 0) is 44.7 Å². The summed E-state index contributed by atoms with van der Waals surface area (Å²) in [6.07, 6.45) is -0.495. The molecule has 0 bridgehead atoms. The van der Waals surface area contributed by atoms with E-state index in [4.69, 9.17) is 0 Å². The molecular weight excluding hydrogens is 464 g/mol. The predicted octanol–water partition coefficient (Wildman–Crippen LogP) is 2.60. The van der Waals surface area contributed by atoms with E-state index in [1.165, 1.54) is 4.31 Å². The highest BCUT2D eigenvalue weighted by molar-refractivity contribution is 7.90. The van der Waals surface area contributed by atoms with Gasteiger partial charge in [0, 0.05) is 36.9 Å². The zero-order chi connectivity index (χ0) is 23.4. The summed E-state index contributed by atoms with van der Waals surface area (Å²) < 4.78 is 82.2. The van der Waals surface area contributed by atoms with Gasteiger partial charge in [0.1, 0.15) is 17.9 Å². The quantitative estimate of drug-likeness (QED) is 0.626. The first kappa shape index (κ1) is 22.8. The lowest BCUT2D eigenvalue weighted by Gasteiger charge is -2.34.